The zero-order valence-corrected chi connectivity index (χ0v) is 30.6. The Labute approximate surface area is 320 Å². The molecule has 2 atom stereocenters. The molecule has 11 rings (SSSR count). The fourth-order valence-corrected chi connectivity index (χ4v) is 9.47. The highest BCUT2D eigenvalue weighted by Crippen LogP contribution is 2.56. The molecule has 4 heteroatoms. The highest BCUT2D eigenvalue weighted by molar-refractivity contribution is 6.10. The molecule has 0 fully saturated rings. The van der Waals surface area contributed by atoms with Gasteiger partial charge in [0.1, 0.15) is 0 Å². The molecule has 7 aromatic carbocycles. The normalized spacial score (nSPS) is 17.7. The van der Waals surface area contributed by atoms with Crippen LogP contribution in [0.1, 0.15) is 30.9 Å². The van der Waals surface area contributed by atoms with E-state index in [4.69, 9.17) is 9.97 Å². The van der Waals surface area contributed by atoms with Crippen molar-refractivity contribution in [3.63, 3.8) is 0 Å². The van der Waals surface area contributed by atoms with Gasteiger partial charge in [-0.25, -0.2) is 9.97 Å². The van der Waals surface area contributed by atoms with Crippen molar-refractivity contribution in [3.05, 3.63) is 193 Å². The summed E-state index contributed by atoms with van der Waals surface area (Å²) < 4.78 is 2.24. The predicted molar refractivity (Wildman–Crippen MR) is 228 cm³/mol. The van der Waals surface area contributed by atoms with Crippen molar-refractivity contribution in [2.24, 2.45) is 0 Å². The van der Waals surface area contributed by atoms with Crippen LogP contribution in [0.3, 0.4) is 0 Å². The number of anilines is 2. The molecule has 2 aliphatic rings. The van der Waals surface area contributed by atoms with Crippen LogP contribution in [0.4, 0.5) is 11.4 Å². The lowest BCUT2D eigenvalue weighted by atomic mass is 9.68. The first-order valence-corrected chi connectivity index (χ1v) is 19.2. The van der Waals surface area contributed by atoms with Gasteiger partial charge in [-0.15, -0.1) is 0 Å². The summed E-state index contributed by atoms with van der Waals surface area (Å²) in [7, 11) is 0. The molecule has 3 heterocycles. The molecule has 0 radical (unpaired) electrons. The number of para-hydroxylation sites is 3. The summed E-state index contributed by atoms with van der Waals surface area (Å²) in [5.41, 5.74) is 14.3. The number of nitrogens with zero attached hydrogens (tertiary/aromatic N) is 4. The minimum atomic E-state index is -0.0564. The van der Waals surface area contributed by atoms with E-state index in [9.17, 15) is 0 Å². The molecular weight excluding hydrogens is 669 g/mol. The van der Waals surface area contributed by atoms with Crippen LogP contribution in [0.25, 0.3) is 66.6 Å². The highest BCUT2D eigenvalue weighted by atomic mass is 15.2. The molecule has 0 bridgehead atoms. The number of benzene rings is 7. The number of hydrogen-bond donors (Lipinski definition) is 0. The molecule has 0 amide bonds. The summed E-state index contributed by atoms with van der Waals surface area (Å²) in [6, 6.07) is 63.6. The van der Waals surface area contributed by atoms with Crippen molar-refractivity contribution in [3.8, 4) is 28.3 Å². The maximum Gasteiger partial charge on any atom is 0.235 e. The zero-order valence-electron chi connectivity index (χ0n) is 30.6. The summed E-state index contributed by atoms with van der Waals surface area (Å²) in [4.78, 5) is 13.1. The molecule has 2 unspecified atom stereocenters. The van der Waals surface area contributed by atoms with Crippen LogP contribution in [-0.2, 0) is 5.41 Å². The molecule has 9 aromatic rings. The molecular formula is C51H38N4. The lowest BCUT2D eigenvalue weighted by molar-refractivity contribution is 0.396. The number of fused-ring (bicyclic) bond motifs is 7. The SMILES string of the molecule is CC12CC(c3ccc4c(c3)c3ccccc3n4-c3nc(-c4ccccc4)c4ccccc4n3)=CCC1N(c1cccc(-c3ccccc3)c1)c1ccccc12. The number of hydrogen-bond acceptors (Lipinski definition) is 3. The van der Waals surface area contributed by atoms with E-state index >= 15 is 0 Å². The molecule has 0 spiro atoms. The van der Waals surface area contributed by atoms with E-state index in [-0.39, 0.29) is 5.41 Å². The van der Waals surface area contributed by atoms with Gasteiger partial charge in [0.05, 0.1) is 22.2 Å². The number of aromatic nitrogens is 3. The predicted octanol–water partition coefficient (Wildman–Crippen LogP) is 12.7. The van der Waals surface area contributed by atoms with Gasteiger partial charge in [-0.2, -0.15) is 0 Å². The minimum absolute atomic E-state index is 0.0564. The van der Waals surface area contributed by atoms with E-state index in [0.717, 1.165) is 46.0 Å². The van der Waals surface area contributed by atoms with Crippen molar-refractivity contribution >= 4 is 49.7 Å². The Balaban J connectivity index is 1.02. The van der Waals surface area contributed by atoms with E-state index in [1.54, 1.807) is 0 Å². The maximum absolute atomic E-state index is 5.28. The summed E-state index contributed by atoms with van der Waals surface area (Å²) in [6.45, 7) is 2.48. The third kappa shape index (κ3) is 4.98. The second kappa shape index (κ2) is 12.4. The molecule has 4 nitrogen and oxygen atoms in total. The van der Waals surface area contributed by atoms with Gasteiger partial charge in [0, 0.05) is 44.6 Å². The smallest absolute Gasteiger partial charge is 0.235 e. The van der Waals surface area contributed by atoms with Crippen molar-refractivity contribution in [1.82, 2.24) is 14.5 Å². The van der Waals surface area contributed by atoms with Crippen molar-refractivity contribution in [1.29, 1.82) is 0 Å². The summed E-state index contributed by atoms with van der Waals surface area (Å²) in [6.07, 6.45) is 4.43. The molecule has 55 heavy (non-hydrogen) atoms. The minimum Gasteiger partial charge on any atom is -0.337 e. The third-order valence-corrected chi connectivity index (χ3v) is 12.1. The van der Waals surface area contributed by atoms with E-state index in [2.05, 4.69) is 192 Å². The topological polar surface area (TPSA) is 34.0 Å². The first kappa shape index (κ1) is 31.7. The van der Waals surface area contributed by atoms with Gasteiger partial charge in [-0.3, -0.25) is 4.57 Å². The Morgan fingerprint density at radius 1 is 0.545 bits per heavy atom. The molecule has 1 aliphatic carbocycles. The lowest BCUT2D eigenvalue weighted by Gasteiger charge is -2.40. The van der Waals surface area contributed by atoms with Gasteiger partial charge >= 0.3 is 0 Å². The summed E-state index contributed by atoms with van der Waals surface area (Å²) in [5.74, 6) is 0.683. The second-order valence-electron chi connectivity index (χ2n) is 15.2. The average Bonchev–Trinajstić information content (AvgIpc) is 3.72. The van der Waals surface area contributed by atoms with Crippen LogP contribution < -0.4 is 4.90 Å². The van der Waals surface area contributed by atoms with Crippen LogP contribution in [0.2, 0.25) is 0 Å². The molecule has 0 saturated heterocycles. The Kier molecular flexibility index (Phi) is 7.15. The Bertz CT molecular complexity index is 2960. The van der Waals surface area contributed by atoms with Crippen LogP contribution >= 0.6 is 0 Å². The Hall–Kier alpha value is -6.78. The van der Waals surface area contributed by atoms with E-state index in [0.29, 0.717) is 12.0 Å². The summed E-state index contributed by atoms with van der Waals surface area (Å²) >= 11 is 0. The first-order chi connectivity index (χ1) is 27.1. The molecule has 2 aromatic heterocycles. The largest absolute Gasteiger partial charge is 0.337 e. The van der Waals surface area contributed by atoms with Crippen molar-refractivity contribution in [2.45, 2.75) is 31.2 Å². The average molecular weight is 707 g/mol. The van der Waals surface area contributed by atoms with E-state index < -0.39 is 0 Å². The second-order valence-corrected chi connectivity index (χ2v) is 15.2. The van der Waals surface area contributed by atoms with Crippen LogP contribution in [-0.4, -0.2) is 20.6 Å². The Morgan fingerprint density at radius 2 is 1.24 bits per heavy atom. The maximum atomic E-state index is 5.28. The van der Waals surface area contributed by atoms with E-state index in [1.165, 1.54) is 50.0 Å². The lowest BCUT2D eigenvalue weighted by Crippen LogP contribution is -2.42. The number of allylic oxidation sites excluding steroid dienone is 1. The Morgan fingerprint density at radius 3 is 2.09 bits per heavy atom. The fourth-order valence-electron chi connectivity index (χ4n) is 9.47. The zero-order chi connectivity index (χ0) is 36.5. The van der Waals surface area contributed by atoms with Crippen molar-refractivity contribution in [2.75, 3.05) is 4.90 Å². The van der Waals surface area contributed by atoms with Gasteiger partial charge in [-0.1, -0.05) is 146 Å². The van der Waals surface area contributed by atoms with Gasteiger partial charge in [0.25, 0.3) is 0 Å². The molecule has 262 valence electrons. The van der Waals surface area contributed by atoms with Crippen LogP contribution in [0, 0.1) is 0 Å². The van der Waals surface area contributed by atoms with Crippen molar-refractivity contribution < 1.29 is 0 Å². The highest BCUT2D eigenvalue weighted by Gasteiger charge is 2.49. The third-order valence-electron chi connectivity index (χ3n) is 12.1. The standard InChI is InChI=1S/C51H38N4/c1-51-33-38(28-30-48(51)54(47-26-13-10-23-43(47)51)39-20-14-19-36(31-39)34-15-4-2-5-16-34)37-27-29-46-42(32-37)40-21-9-12-25-45(40)55(46)50-52-44-24-11-8-22-41(44)49(53-50)35-17-6-3-7-18-35/h2-29,31-32,48H,30,33H2,1H3. The van der Waals surface area contributed by atoms with Gasteiger partial charge in [0.2, 0.25) is 5.95 Å². The number of rotatable bonds is 5. The van der Waals surface area contributed by atoms with Crippen LogP contribution in [0.5, 0.6) is 0 Å². The quantitative estimate of drug-likeness (QED) is 0.179. The van der Waals surface area contributed by atoms with Gasteiger partial charge in [0.15, 0.2) is 0 Å². The van der Waals surface area contributed by atoms with Crippen LogP contribution in [0.15, 0.2) is 182 Å². The molecule has 0 N–H and O–H groups in total. The molecule has 1 aliphatic heterocycles. The summed E-state index contributed by atoms with van der Waals surface area (Å²) in [5, 5.41) is 3.46. The van der Waals surface area contributed by atoms with E-state index in [1.807, 2.05) is 6.07 Å². The van der Waals surface area contributed by atoms with Gasteiger partial charge in [-0.05, 0) is 83.1 Å². The van der Waals surface area contributed by atoms with Gasteiger partial charge < -0.3 is 4.90 Å². The first-order valence-electron chi connectivity index (χ1n) is 19.2. The monoisotopic (exact) mass is 706 g/mol. The molecule has 0 saturated carbocycles. The fraction of sp³-hybridized carbons (Fsp3) is 0.0980.